The zero-order chi connectivity index (χ0) is 13.7. The molecule has 0 saturated heterocycles. The van der Waals surface area contributed by atoms with Gasteiger partial charge in [0.05, 0.1) is 0 Å². The highest BCUT2D eigenvalue weighted by Gasteiger charge is 2.17. The van der Waals surface area contributed by atoms with E-state index >= 15 is 0 Å². The average Bonchev–Trinajstić information content (AvgIpc) is 2.26. The second-order valence-corrected chi connectivity index (χ2v) is 4.85. The van der Waals surface area contributed by atoms with Crippen molar-refractivity contribution in [2.75, 3.05) is 6.61 Å². The zero-order valence-corrected chi connectivity index (χ0v) is 11.0. The van der Waals surface area contributed by atoms with Crippen molar-refractivity contribution in [3.05, 3.63) is 35.1 Å². The minimum absolute atomic E-state index is 0.0192. The van der Waals surface area contributed by atoms with Crippen LogP contribution in [0.15, 0.2) is 18.2 Å². The summed E-state index contributed by atoms with van der Waals surface area (Å²) >= 11 is 0. The van der Waals surface area contributed by atoms with Gasteiger partial charge in [0.1, 0.15) is 5.82 Å². The molecule has 1 amide bonds. The Morgan fingerprint density at radius 2 is 2.06 bits per heavy atom. The minimum atomic E-state index is -0.414. The minimum Gasteiger partial charge on any atom is -0.396 e. The predicted molar refractivity (Wildman–Crippen MR) is 68.9 cm³/mol. The molecule has 1 atom stereocenters. The van der Waals surface area contributed by atoms with E-state index in [1.807, 2.05) is 13.8 Å². The van der Waals surface area contributed by atoms with E-state index in [1.54, 1.807) is 13.0 Å². The van der Waals surface area contributed by atoms with E-state index in [4.69, 9.17) is 5.11 Å². The van der Waals surface area contributed by atoms with Crippen molar-refractivity contribution in [3.63, 3.8) is 0 Å². The molecule has 1 aromatic carbocycles. The number of carbonyl (C=O) groups excluding carboxylic acids is 1. The normalized spacial score (nSPS) is 12.6. The van der Waals surface area contributed by atoms with Gasteiger partial charge in [-0.3, -0.25) is 4.79 Å². The molecule has 0 spiro atoms. The number of hydrogen-bond acceptors (Lipinski definition) is 2. The summed E-state index contributed by atoms with van der Waals surface area (Å²) in [4.78, 5) is 12.0. The molecule has 1 aromatic rings. The van der Waals surface area contributed by atoms with Gasteiger partial charge in [0.15, 0.2) is 0 Å². The Morgan fingerprint density at radius 3 is 2.56 bits per heavy atom. The van der Waals surface area contributed by atoms with Crippen LogP contribution in [0.4, 0.5) is 4.39 Å². The van der Waals surface area contributed by atoms with Crippen molar-refractivity contribution in [2.45, 2.75) is 33.2 Å². The molecule has 0 aliphatic carbocycles. The standard InChI is InChI=1S/C14H20FNO2/c1-9(2)13(4-5-17)16-14(18)11-6-10(3)7-12(15)8-11/h6-9,13,17H,4-5H2,1-3H3,(H,16,18). The van der Waals surface area contributed by atoms with Crippen LogP contribution in [0.2, 0.25) is 0 Å². The molecule has 18 heavy (non-hydrogen) atoms. The summed E-state index contributed by atoms with van der Waals surface area (Å²) < 4.78 is 13.2. The lowest BCUT2D eigenvalue weighted by molar-refractivity contribution is 0.0916. The number of aliphatic hydroxyl groups excluding tert-OH is 1. The summed E-state index contributed by atoms with van der Waals surface area (Å²) in [6.45, 7) is 5.70. The number of benzene rings is 1. The van der Waals surface area contributed by atoms with Crippen LogP contribution < -0.4 is 5.32 Å². The lowest BCUT2D eigenvalue weighted by Crippen LogP contribution is -2.39. The molecule has 0 bridgehead atoms. The molecular weight excluding hydrogens is 233 g/mol. The van der Waals surface area contributed by atoms with Gasteiger partial charge in [-0.2, -0.15) is 0 Å². The van der Waals surface area contributed by atoms with E-state index in [9.17, 15) is 9.18 Å². The Balaban J connectivity index is 2.80. The van der Waals surface area contributed by atoms with Crippen molar-refractivity contribution in [3.8, 4) is 0 Å². The number of aliphatic hydroxyl groups is 1. The summed E-state index contributed by atoms with van der Waals surface area (Å²) in [7, 11) is 0. The second-order valence-electron chi connectivity index (χ2n) is 4.85. The molecule has 1 rings (SSSR count). The highest BCUT2D eigenvalue weighted by Crippen LogP contribution is 2.11. The van der Waals surface area contributed by atoms with Gasteiger partial charge < -0.3 is 10.4 Å². The summed E-state index contributed by atoms with van der Waals surface area (Å²) in [6, 6.07) is 4.14. The number of carbonyl (C=O) groups is 1. The number of nitrogens with one attached hydrogen (secondary N) is 1. The molecule has 4 heteroatoms. The zero-order valence-electron chi connectivity index (χ0n) is 11.0. The van der Waals surface area contributed by atoms with E-state index in [1.165, 1.54) is 12.1 Å². The third kappa shape index (κ3) is 4.11. The Hall–Kier alpha value is -1.42. The molecule has 3 nitrogen and oxygen atoms in total. The molecule has 0 saturated carbocycles. The van der Waals surface area contributed by atoms with Gasteiger partial charge in [-0.25, -0.2) is 4.39 Å². The number of halogens is 1. The third-order valence-corrected chi connectivity index (χ3v) is 2.87. The number of rotatable bonds is 5. The quantitative estimate of drug-likeness (QED) is 0.845. The molecule has 0 aromatic heterocycles. The fourth-order valence-corrected chi connectivity index (χ4v) is 1.83. The molecule has 0 heterocycles. The van der Waals surface area contributed by atoms with Crippen molar-refractivity contribution < 1.29 is 14.3 Å². The smallest absolute Gasteiger partial charge is 0.251 e. The first-order valence-electron chi connectivity index (χ1n) is 6.13. The van der Waals surface area contributed by atoms with Crippen molar-refractivity contribution >= 4 is 5.91 Å². The Morgan fingerprint density at radius 1 is 1.39 bits per heavy atom. The van der Waals surface area contributed by atoms with Gasteiger partial charge >= 0.3 is 0 Å². The molecule has 1 unspecified atom stereocenters. The Labute approximate surface area is 107 Å². The summed E-state index contributed by atoms with van der Waals surface area (Å²) in [5.41, 5.74) is 1.03. The van der Waals surface area contributed by atoms with Crippen LogP contribution in [0.25, 0.3) is 0 Å². The van der Waals surface area contributed by atoms with Crippen molar-refractivity contribution in [1.82, 2.24) is 5.32 Å². The largest absolute Gasteiger partial charge is 0.396 e. The molecule has 100 valence electrons. The van der Waals surface area contributed by atoms with Crippen molar-refractivity contribution in [1.29, 1.82) is 0 Å². The first-order chi connectivity index (χ1) is 8.43. The van der Waals surface area contributed by atoms with Gasteiger partial charge in [0.2, 0.25) is 0 Å². The van der Waals surface area contributed by atoms with E-state index in [0.717, 1.165) is 0 Å². The van der Waals surface area contributed by atoms with Crippen LogP contribution in [-0.2, 0) is 0 Å². The van der Waals surface area contributed by atoms with Crippen LogP contribution in [0.3, 0.4) is 0 Å². The maximum Gasteiger partial charge on any atom is 0.251 e. The van der Waals surface area contributed by atoms with Gasteiger partial charge in [0.25, 0.3) is 5.91 Å². The first kappa shape index (κ1) is 14.6. The summed E-state index contributed by atoms with van der Waals surface area (Å²) in [5.74, 6) is -0.496. The van der Waals surface area contributed by atoms with Gasteiger partial charge in [-0.1, -0.05) is 13.8 Å². The molecule has 0 aliphatic heterocycles. The van der Waals surface area contributed by atoms with Gasteiger partial charge in [-0.15, -0.1) is 0 Å². The lowest BCUT2D eigenvalue weighted by Gasteiger charge is -2.21. The van der Waals surface area contributed by atoms with Crippen LogP contribution in [0.5, 0.6) is 0 Å². The van der Waals surface area contributed by atoms with E-state index < -0.39 is 5.82 Å². The summed E-state index contributed by atoms with van der Waals surface area (Å²) in [5, 5.41) is 11.8. The van der Waals surface area contributed by atoms with Crippen LogP contribution >= 0.6 is 0 Å². The molecule has 0 radical (unpaired) electrons. The number of amides is 1. The van der Waals surface area contributed by atoms with E-state index in [-0.39, 0.29) is 24.5 Å². The third-order valence-electron chi connectivity index (χ3n) is 2.87. The fraction of sp³-hybridized carbons (Fsp3) is 0.500. The van der Waals surface area contributed by atoms with Gasteiger partial charge in [0, 0.05) is 18.2 Å². The molecule has 0 aliphatic rings. The summed E-state index contributed by atoms with van der Waals surface area (Å²) in [6.07, 6.45) is 0.498. The second kappa shape index (κ2) is 6.50. The molecular formula is C14H20FNO2. The highest BCUT2D eigenvalue weighted by molar-refractivity contribution is 5.94. The maximum atomic E-state index is 13.2. The molecule has 2 N–H and O–H groups in total. The number of hydrogen-bond donors (Lipinski definition) is 2. The van der Waals surface area contributed by atoms with Crippen LogP contribution in [-0.4, -0.2) is 23.7 Å². The van der Waals surface area contributed by atoms with E-state index in [0.29, 0.717) is 17.5 Å². The fourth-order valence-electron chi connectivity index (χ4n) is 1.83. The predicted octanol–water partition coefficient (Wildman–Crippen LogP) is 2.27. The Bertz CT molecular complexity index is 398. The number of aryl methyl sites for hydroxylation is 1. The van der Waals surface area contributed by atoms with E-state index in [2.05, 4.69) is 5.32 Å². The van der Waals surface area contributed by atoms with Crippen LogP contribution in [0.1, 0.15) is 36.2 Å². The van der Waals surface area contributed by atoms with Crippen LogP contribution in [0, 0.1) is 18.7 Å². The topological polar surface area (TPSA) is 49.3 Å². The highest BCUT2D eigenvalue weighted by atomic mass is 19.1. The Kier molecular flexibility index (Phi) is 5.28. The van der Waals surface area contributed by atoms with Gasteiger partial charge in [-0.05, 0) is 43.0 Å². The monoisotopic (exact) mass is 253 g/mol. The lowest BCUT2D eigenvalue weighted by atomic mass is 10.0. The SMILES string of the molecule is Cc1cc(F)cc(C(=O)NC(CCO)C(C)C)c1. The molecule has 0 fully saturated rings. The van der Waals surface area contributed by atoms with Crippen molar-refractivity contribution in [2.24, 2.45) is 5.92 Å². The maximum absolute atomic E-state index is 13.2. The first-order valence-corrected chi connectivity index (χ1v) is 6.13. The average molecular weight is 253 g/mol.